The molecule has 1 aromatic carbocycles. The van der Waals surface area contributed by atoms with Crippen LogP contribution in [0.5, 0.6) is 0 Å². The number of imide groups is 1. The van der Waals surface area contributed by atoms with Crippen molar-refractivity contribution in [1.29, 1.82) is 0 Å². The summed E-state index contributed by atoms with van der Waals surface area (Å²) in [4.78, 5) is 40.3. The number of amides is 3. The number of hydrogen-bond acceptors (Lipinski definition) is 6. The largest absolute Gasteiger partial charge is 0.450 e. The summed E-state index contributed by atoms with van der Waals surface area (Å²) in [5.74, 6) is 1.15. The highest BCUT2D eigenvalue weighted by Crippen LogP contribution is 2.37. The number of aryl methyl sites for hydroxylation is 1. The Balaban J connectivity index is 1.20. The summed E-state index contributed by atoms with van der Waals surface area (Å²) in [7, 11) is 1.92. The molecule has 3 amide bonds. The van der Waals surface area contributed by atoms with Crippen LogP contribution in [-0.2, 0) is 21.4 Å². The minimum absolute atomic E-state index is 0.169. The lowest BCUT2D eigenvalue weighted by Crippen LogP contribution is -2.42. The van der Waals surface area contributed by atoms with E-state index in [0.29, 0.717) is 37.2 Å². The monoisotopic (exact) mass is 509 g/mol. The first-order valence-corrected chi connectivity index (χ1v) is 13.8. The fourth-order valence-corrected chi connectivity index (χ4v) is 6.46. The molecule has 0 bridgehead atoms. The van der Waals surface area contributed by atoms with Gasteiger partial charge in [-0.1, -0.05) is 6.92 Å². The van der Waals surface area contributed by atoms with E-state index in [0.717, 1.165) is 55.6 Å². The average Bonchev–Trinajstić information content (AvgIpc) is 3.21. The molecule has 3 atom stereocenters. The first-order chi connectivity index (χ1) is 17.8. The van der Waals surface area contributed by atoms with Crippen LogP contribution in [0.3, 0.4) is 0 Å². The van der Waals surface area contributed by atoms with E-state index in [1.54, 1.807) is 0 Å². The second kappa shape index (κ2) is 10.7. The number of carbonyl (C=O) groups excluding carboxylic acids is 3. The van der Waals surface area contributed by atoms with E-state index in [1.807, 2.05) is 23.6 Å². The van der Waals surface area contributed by atoms with Gasteiger partial charge in [0.1, 0.15) is 0 Å². The molecule has 200 valence electrons. The molecule has 0 saturated carbocycles. The lowest BCUT2D eigenvalue weighted by atomic mass is 9.78. The number of nitrogens with one attached hydrogen (secondary N) is 1. The van der Waals surface area contributed by atoms with Gasteiger partial charge >= 0.3 is 6.09 Å². The van der Waals surface area contributed by atoms with Crippen LogP contribution in [0.2, 0.25) is 0 Å². The van der Waals surface area contributed by atoms with Gasteiger partial charge < -0.3 is 14.5 Å². The van der Waals surface area contributed by atoms with Crippen molar-refractivity contribution in [2.24, 2.45) is 24.8 Å². The fourth-order valence-electron chi connectivity index (χ4n) is 6.46. The molecule has 0 radical (unpaired) electrons. The number of piperidine rings is 3. The third kappa shape index (κ3) is 5.31. The number of anilines is 1. The summed E-state index contributed by atoms with van der Waals surface area (Å²) in [6.07, 6.45) is 5.23. The average molecular weight is 510 g/mol. The summed E-state index contributed by atoms with van der Waals surface area (Å²) in [5.41, 5.74) is 2.97. The number of carbonyl (C=O) groups is 3. The van der Waals surface area contributed by atoms with Crippen LogP contribution in [0.15, 0.2) is 18.2 Å². The normalized spacial score (nSPS) is 25.4. The smallest absolute Gasteiger partial charge is 0.409 e. The number of aromatic nitrogens is 2. The van der Waals surface area contributed by atoms with Crippen molar-refractivity contribution >= 4 is 34.5 Å². The highest BCUT2D eigenvalue weighted by molar-refractivity contribution is 6.02. The van der Waals surface area contributed by atoms with Gasteiger partial charge in [0.05, 0.1) is 23.7 Å². The third-order valence-electron chi connectivity index (χ3n) is 8.66. The van der Waals surface area contributed by atoms with E-state index in [9.17, 15) is 14.4 Å². The van der Waals surface area contributed by atoms with Gasteiger partial charge in [-0.25, -0.2) is 4.79 Å². The molecule has 3 saturated heterocycles. The molecule has 2 aromatic rings. The van der Waals surface area contributed by atoms with Crippen molar-refractivity contribution < 1.29 is 19.1 Å². The molecule has 1 N–H and O–H groups in total. The van der Waals surface area contributed by atoms with Gasteiger partial charge in [0.2, 0.25) is 11.8 Å². The second-order valence-corrected chi connectivity index (χ2v) is 11.1. The molecule has 1 unspecified atom stereocenters. The molecule has 3 fully saturated rings. The van der Waals surface area contributed by atoms with Gasteiger partial charge in [0.15, 0.2) is 0 Å². The summed E-state index contributed by atoms with van der Waals surface area (Å²) < 4.78 is 7.02. The van der Waals surface area contributed by atoms with E-state index in [2.05, 4.69) is 40.4 Å². The maximum Gasteiger partial charge on any atom is 0.409 e. The van der Waals surface area contributed by atoms with Gasteiger partial charge in [0, 0.05) is 50.7 Å². The summed E-state index contributed by atoms with van der Waals surface area (Å²) in [5, 5.41) is 8.13. The topological polar surface area (TPSA) is 96.8 Å². The predicted molar refractivity (Wildman–Crippen MR) is 141 cm³/mol. The van der Waals surface area contributed by atoms with E-state index < -0.39 is 0 Å². The molecule has 0 spiro atoms. The summed E-state index contributed by atoms with van der Waals surface area (Å²) in [6.45, 7) is 8.32. The van der Waals surface area contributed by atoms with Crippen LogP contribution in [0, 0.1) is 17.8 Å². The van der Waals surface area contributed by atoms with Crippen LogP contribution in [-0.4, -0.2) is 65.4 Å². The van der Waals surface area contributed by atoms with Crippen LogP contribution in [0.25, 0.3) is 10.9 Å². The van der Waals surface area contributed by atoms with Crippen molar-refractivity contribution in [2.75, 3.05) is 37.7 Å². The zero-order valence-electron chi connectivity index (χ0n) is 22.2. The predicted octanol–water partition coefficient (Wildman–Crippen LogP) is 3.81. The van der Waals surface area contributed by atoms with Gasteiger partial charge in [-0.2, -0.15) is 5.10 Å². The van der Waals surface area contributed by atoms with Gasteiger partial charge in [-0.15, -0.1) is 0 Å². The number of nitrogens with zero attached hydrogens (tertiary/aromatic N) is 4. The van der Waals surface area contributed by atoms with Gasteiger partial charge in [-0.3, -0.25) is 19.6 Å². The standard InChI is InChI=1S/C28H39N5O4/c1-4-37-28(36)32-12-9-19(10-13-32)15-20-11-14-33(17-18(20)2)21-5-6-22-24(16-21)31(3)30-26(22)23-7-8-25(34)29-27(23)35/h5-6,16,18-20,23H,4,7-15,17H2,1-3H3,(H,29,34,35)/t18-,20+,23?/m0/s1. The van der Waals surface area contributed by atoms with E-state index in [-0.39, 0.29) is 23.8 Å². The number of ether oxygens (including phenoxy) is 1. The Kier molecular flexibility index (Phi) is 7.40. The SMILES string of the molecule is CCOC(=O)N1CCC(C[C@H]2CCN(c3ccc4c(C5CCC(=O)NC5=O)nn(C)c4c3)C[C@@H]2C)CC1. The molecule has 3 aliphatic rings. The fraction of sp³-hybridized carbons (Fsp3) is 0.643. The zero-order chi connectivity index (χ0) is 26.1. The van der Waals surface area contributed by atoms with Crippen molar-refractivity contribution in [1.82, 2.24) is 20.0 Å². The van der Waals surface area contributed by atoms with Crippen molar-refractivity contribution in [3.05, 3.63) is 23.9 Å². The minimum atomic E-state index is -0.382. The highest BCUT2D eigenvalue weighted by Gasteiger charge is 2.33. The van der Waals surface area contributed by atoms with E-state index in [1.165, 1.54) is 18.5 Å². The first kappa shape index (κ1) is 25.5. The number of likely N-dealkylation sites (tertiary alicyclic amines) is 1. The lowest BCUT2D eigenvalue weighted by molar-refractivity contribution is -0.134. The van der Waals surface area contributed by atoms with Crippen LogP contribution < -0.4 is 10.2 Å². The van der Waals surface area contributed by atoms with E-state index >= 15 is 0 Å². The van der Waals surface area contributed by atoms with E-state index in [4.69, 9.17) is 4.74 Å². The Morgan fingerprint density at radius 1 is 1.14 bits per heavy atom. The number of hydrogen-bond donors (Lipinski definition) is 1. The molecule has 5 rings (SSSR count). The lowest BCUT2D eigenvalue weighted by Gasteiger charge is -2.41. The number of fused-ring (bicyclic) bond motifs is 1. The Labute approximate surface area is 218 Å². The summed E-state index contributed by atoms with van der Waals surface area (Å²) in [6, 6.07) is 6.43. The number of rotatable bonds is 5. The molecule has 1 aromatic heterocycles. The maximum atomic E-state index is 12.4. The molecule has 0 aliphatic carbocycles. The quantitative estimate of drug-likeness (QED) is 0.616. The molecule has 4 heterocycles. The molecule has 9 heteroatoms. The molecule has 37 heavy (non-hydrogen) atoms. The first-order valence-electron chi connectivity index (χ1n) is 13.8. The second-order valence-electron chi connectivity index (χ2n) is 11.1. The van der Waals surface area contributed by atoms with Crippen LogP contribution >= 0.6 is 0 Å². The third-order valence-corrected chi connectivity index (χ3v) is 8.66. The molecular formula is C28H39N5O4. The Bertz CT molecular complexity index is 1170. The van der Waals surface area contributed by atoms with Crippen molar-refractivity contribution in [2.45, 2.75) is 58.3 Å². The van der Waals surface area contributed by atoms with Gasteiger partial charge in [-0.05, 0) is 75.0 Å². The van der Waals surface area contributed by atoms with Crippen molar-refractivity contribution in [3.63, 3.8) is 0 Å². The highest BCUT2D eigenvalue weighted by atomic mass is 16.6. The molecule has 9 nitrogen and oxygen atoms in total. The van der Waals surface area contributed by atoms with Crippen LogP contribution in [0.1, 0.15) is 64.0 Å². The Hall–Kier alpha value is -3.10. The molecule has 3 aliphatic heterocycles. The maximum absolute atomic E-state index is 12.4. The minimum Gasteiger partial charge on any atom is -0.450 e. The Morgan fingerprint density at radius 3 is 2.62 bits per heavy atom. The Morgan fingerprint density at radius 2 is 1.92 bits per heavy atom. The molecular weight excluding hydrogens is 470 g/mol. The van der Waals surface area contributed by atoms with Crippen LogP contribution in [0.4, 0.5) is 10.5 Å². The summed E-state index contributed by atoms with van der Waals surface area (Å²) >= 11 is 0. The van der Waals surface area contributed by atoms with Gasteiger partial charge in [0.25, 0.3) is 0 Å². The zero-order valence-corrected chi connectivity index (χ0v) is 22.2. The number of benzene rings is 1. The van der Waals surface area contributed by atoms with Crippen molar-refractivity contribution in [3.8, 4) is 0 Å².